The van der Waals surface area contributed by atoms with Crippen molar-refractivity contribution in [2.45, 2.75) is 31.7 Å². The number of rotatable bonds is 7. The number of hydrogen-bond donors (Lipinski definition) is 0. The predicted octanol–water partition coefficient (Wildman–Crippen LogP) is 15.2. The first kappa shape index (κ1) is 36.0. The molecule has 2 nitrogen and oxygen atoms in total. The highest BCUT2D eigenvalue weighted by Gasteiger charge is 2.50. The Morgan fingerprint density at radius 2 is 1.17 bits per heavy atom. The molecule has 0 saturated heterocycles. The van der Waals surface area contributed by atoms with Crippen LogP contribution in [0.15, 0.2) is 224 Å². The zero-order chi connectivity index (χ0) is 40.2. The molecule has 3 atom stereocenters. The molecule has 0 bridgehead atoms. The van der Waals surface area contributed by atoms with Crippen molar-refractivity contribution in [3.63, 3.8) is 0 Å². The lowest BCUT2D eigenvalue weighted by atomic mass is 9.73. The van der Waals surface area contributed by atoms with Crippen molar-refractivity contribution in [2.75, 3.05) is 4.90 Å². The van der Waals surface area contributed by atoms with E-state index < -0.39 is 5.54 Å². The van der Waals surface area contributed by atoms with Gasteiger partial charge in [0.25, 0.3) is 0 Å². The molecule has 1 heterocycles. The van der Waals surface area contributed by atoms with E-state index in [0.29, 0.717) is 0 Å². The molecular weight excluding hydrogens is 727 g/mol. The highest BCUT2D eigenvalue weighted by Crippen LogP contribution is 2.57. The molecule has 0 radical (unpaired) electrons. The van der Waals surface area contributed by atoms with E-state index in [0.717, 1.165) is 23.3 Å². The van der Waals surface area contributed by atoms with E-state index in [1.165, 1.54) is 77.6 Å². The third-order valence-electron chi connectivity index (χ3n) is 13.0. The fraction of sp³-hybridized carbons (Fsp3) is 0.103. The number of fused-ring (bicyclic) bond motifs is 6. The van der Waals surface area contributed by atoms with Gasteiger partial charge in [-0.1, -0.05) is 189 Å². The van der Waals surface area contributed by atoms with E-state index in [9.17, 15) is 0 Å². The summed E-state index contributed by atoms with van der Waals surface area (Å²) in [5.74, 6) is 2.12. The van der Waals surface area contributed by atoms with E-state index in [2.05, 4.69) is 231 Å². The SMILES string of the molecule is CC1CC(c2ccc(-c3ccccc3)cc2)=CC=C1N(c1ccc2ccccc2c1)C1(C)C=CC=C2Oc3c(cc(-c4ccccc4-c4ccccc4)c4ccccc34)C21. The van der Waals surface area contributed by atoms with Gasteiger partial charge in [-0.2, -0.15) is 0 Å². The van der Waals surface area contributed by atoms with Crippen molar-refractivity contribution in [1.82, 2.24) is 0 Å². The van der Waals surface area contributed by atoms with Gasteiger partial charge in [-0.05, 0) is 104 Å². The average molecular weight is 772 g/mol. The minimum absolute atomic E-state index is 0.0692. The molecule has 0 spiro atoms. The summed E-state index contributed by atoms with van der Waals surface area (Å²) in [6, 6.07) is 66.2. The average Bonchev–Trinajstić information content (AvgIpc) is 3.70. The van der Waals surface area contributed by atoms with Gasteiger partial charge in [0.2, 0.25) is 0 Å². The molecule has 0 N–H and O–H groups in total. The van der Waals surface area contributed by atoms with Crippen molar-refractivity contribution in [3.8, 4) is 39.1 Å². The highest BCUT2D eigenvalue weighted by atomic mass is 16.5. The van der Waals surface area contributed by atoms with Crippen LogP contribution in [0.2, 0.25) is 0 Å². The van der Waals surface area contributed by atoms with Crippen LogP contribution in [-0.4, -0.2) is 5.54 Å². The molecule has 3 unspecified atom stereocenters. The quantitative estimate of drug-likeness (QED) is 0.160. The van der Waals surface area contributed by atoms with Crippen LogP contribution < -0.4 is 9.64 Å². The Kier molecular flexibility index (Phi) is 8.74. The molecule has 11 rings (SSSR count). The summed E-state index contributed by atoms with van der Waals surface area (Å²) in [4.78, 5) is 2.63. The van der Waals surface area contributed by atoms with E-state index >= 15 is 0 Å². The summed E-state index contributed by atoms with van der Waals surface area (Å²) >= 11 is 0. The standard InChI is InChI=1S/C58H45NO/c1-39-36-46(43-29-27-42(28-30-43)40-16-5-3-6-17-40)32-34-54(39)59(47-33-31-41-18-9-10-21-45(41)37-47)58(2)35-15-26-55-56(58)53-38-52(50-24-13-14-25-51(50)57(53)60-55)49-23-12-11-22-48(49)44-19-7-4-8-20-44/h3-35,37-39,56H,36H2,1-2H3. The van der Waals surface area contributed by atoms with Gasteiger partial charge in [0.15, 0.2) is 0 Å². The van der Waals surface area contributed by atoms with Crippen LogP contribution in [0, 0.1) is 5.92 Å². The molecular formula is C58H45NO. The molecule has 8 aromatic carbocycles. The van der Waals surface area contributed by atoms with Gasteiger partial charge in [0.1, 0.15) is 11.5 Å². The summed E-state index contributed by atoms with van der Waals surface area (Å²) in [7, 11) is 0. The monoisotopic (exact) mass is 771 g/mol. The topological polar surface area (TPSA) is 12.5 Å². The summed E-state index contributed by atoms with van der Waals surface area (Å²) < 4.78 is 7.06. The Morgan fingerprint density at radius 3 is 1.93 bits per heavy atom. The Bertz CT molecular complexity index is 3060. The van der Waals surface area contributed by atoms with Gasteiger partial charge in [-0.25, -0.2) is 0 Å². The maximum atomic E-state index is 7.06. The minimum Gasteiger partial charge on any atom is -0.460 e. The van der Waals surface area contributed by atoms with Gasteiger partial charge in [-0.15, -0.1) is 0 Å². The summed E-state index contributed by atoms with van der Waals surface area (Å²) in [5.41, 5.74) is 13.2. The lowest BCUT2D eigenvalue weighted by Crippen LogP contribution is -2.51. The number of hydrogen-bond acceptors (Lipinski definition) is 2. The first-order chi connectivity index (χ1) is 29.5. The second-order valence-corrected chi connectivity index (χ2v) is 16.7. The van der Waals surface area contributed by atoms with E-state index in [1.54, 1.807) is 0 Å². The molecule has 3 aliphatic rings. The maximum absolute atomic E-state index is 7.06. The summed E-state index contributed by atoms with van der Waals surface area (Å²) in [6.07, 6.45) is 12.5. The van der Waals surface area contributed by atoms with Crippen molar-refractivity contribution in [1.29, 1.82) is 0 Å². The zero-order valence-corrected chi connectivity index (χ0v) is 33.9. The van der Waals surface area contributed by atoms with Crippen LogP contribution in [-0.2, 0) is 0 Å². The summed E-state index contributed by atoms with van der Waals surface area (Å²) in [6.45, 7) is 4.81. The number of allylic oxidation sites excluding steroid dienone is 6. The largest absolute Gasteiger partial charge is 0.460 e. The molecule has 8 aromatic rings. The maximum Gasteiger partial charge on any atom is 0.138 e. The Balaban J connectivity index is 1.07. The van der Waals surface area contributed by atoms with Gasteiger partial charge in [0, 0.05) is 28.3 Å². The first-order valence-electron chi connectivity index (χ1n) is 21.2. The van der Waals surface area contributed by atoms with E-state index in [4.69, 9.17) is 4.74 Å². The van der Waals surface area contributed by atoms with E-state index in [1.807, 2.05) is 0 Å². The molecule has 0 fully saturated rings. The predicted molar refractivity (Wildman–Crippen MR) is 252 cm³/mol. The lowest BCUT2D eigenvalue weighted by Gasteiger charge is -2.49. The fourth-order valence-electron chi connectivity index (χ4n) is 10.1. The minimum atomic E-state index is -0.515. The number of benzene rings is 8. The van der Waals surface area contributed by atoms with Crippen LogP contribution >= 0.6 is 0 Å². The Hall–Kier alpha value is -7.16. The van der Waals surface area contributed by atoms with Gasteiger partial charge >= 0.3 is 0 Å². The molecule has 0 aromatic heterocycles. The Labute approximate surface area is 352 Å². The van der Waals surface area contributed by atoms with Crippen LogP contribution in [0.1, 0.15) is 37.3 Å². The number of anilines is 1. The third kappa shape index (κ3) is 6.02. The fourth-order valence-corrected chi connectivity index (χ4v) is 10.1. The van der Waals surface area contributed by atoms with Crippen molar-refractivity contribution >= 4 is 32.8 Å². The van der Waals surface area contributed by atoms with Gasteiger partial charge in [-0.3, -0.25) is 0 Å². The van der Waals surface area contributed by atoms with Crippen molar-refractivity contribution in [3.05, 3.63) is 235 Å². The second-order valence-electron chi connectivity index (χ2n) is 16.7. The smallest absolute Gasteiger partial charge is 0.138 e. The van der Waals surface area contributed by atoms with Crippen molar-refractivity contribution < 1.29 is 4.74 Å². The molecule has 288 valence electrons. The molecule has 0 saturated carbocycles. The number of nitrogens with zero attached hydrogens (tertiary/aromatic N) is 1. The highest BCUT2D eigenvalue weighted by molar-refractivity contribution is 6.05. The Morgan fingerprint density at radius 1 is 0.533 bits per heavy atom. The van der Waals surface area contributed by atoms with Crippen LogP contribution in [0.5, 0.6) is 5.75 Å². The van der Waals surface area contributed by atoms with Crippen LogP contribution in [0.25, 0.3) is 60.5 Å². The first-order valence-corrected chi connectivity index (χ1v) is 21.2. The van der Waals surface area contributed by atoms with Gasteiger partial charge < -0.3 is 9.64 Å². The molecule has 2 heteroatoms. The normalized spacial score (nSPS) is 19.2. The lowest BCUT2D eigenvalue weighted by molar-refractivity contribution is 0.372. The van der Waals surface area contributed by atoms with E-state index in [-0.39, 0.29) is 11.8 Å². The van der Waals surface area contributed by atoms with Crippen LogP contribution in [0.4, 0.5) is 5.69 Å². The molecule has 2 aliphatic carbocycles. The van der Waals surface area contributed by atoms with Crippen LogP contribution in [0.3, 0.4) is 0 Å². The molecule has 60 heavy (non-hydrogen) atoms. The molecule has 1 aliphatic heterocycles. The molecule has 0 amide bonds. The zero-order valence-electron chi connectivity index (χ0n) is 33.9. The second kappa shape index (κ2) is 14.6. The van der Waals surface area contributed by atoms with Crippen molar-refractivity contribution in [2.24, 2.45) is 5.92 Å². The summed E-state index contributed by atoms with van der Waals surface area (Å²) in [5, 5.41) is 4.80. The third-order valence-corrected chi connectivity index (χ3v) is 13.0. The number of ether oxygens (including phenoxy) is 1. The van der Waals surface area contributed by atoms with Gasteiger partial charge in [0.05, 0.1) is 11.5 Å².